The molecule has 0 amide bonds. The molecule has 18 heavy (non-hydrogen) atoms. The van der Waals surface area contributed by atoms with Crippen molar-refractivity contribution in [2.75, 3.05) is 12.8 Å². The van der Waals surface area contributed by atoms with E-state index in [1.165, 1.54) is 0 Å². The number of hydrogen-bond acceptors (Lipinski definition) is 4. The average Bonchev–Trinajstić information content (AvgIpc) is 2.35. The lowest BCUT2D eigenvalue weighted by molar-refractivity contribution is 0.409. The van der Waals surface area contributed by atoms with Gasteiger partial charge in [-0.3, -0.25) is 0 Å². The van der Waals surface area contributed by atoms with Crippen LogP contribution in [0.3, 0.4) is 0 Å². The van der Waals surface area contributed by atoms with E-state index >= 15 is 0 Å². The highest BCUT2D eigenvalue weighted by Gasteiger charge is 2.05. The first-order valence-electron chi connectivity index (χ1n) is 5.91. The number of benzene rings is 1. The molecule has 1 heterocycles. The topological polar surface area (TPSA) is 61.0 Å². The first-order chi connectivity index (χ1) is 8.69. The molecule has 94 valence electrons. The molecule has 0 saturated carbocycles. The summed E-state index contributed by atoms with van der Waals surface area (Å²) in [6.45, 7) is 1.92. The summed E-state index contributed by atoms with van der Waals surface area (Å²) in [5.41, 5.74) is 7.77. The van der Waals surface area contributed by atoms with Gasteiger partial charge in [0.25, 0.3) is 0 Å². The summed E-state index contributed by atoms with van der Waals surface area (Å²) in [5.74, 6) is 2.20. The van der Waals surface area contributed by atoms with Crippen molar-refractivity contribution in [1.82, 2.24) is 9.97 Å². The smallest absolute Gasteiger partial charge is 0.131 e. The van der Waals surface area contributed by atoms with E-state index in [1.54, 1.807) is 13.2 Å². The first kappa shape index (κ1) is 12.4. The predicted octanol–water partition coefficient (Wildman–Crippen LogP) is 2.16. The molecule has 0 unspecified atom stereocenters. The number of nitrogens with two attached hydrogens (primary N) is 1. The van der Waals surface area contributed by atoms with E-state index in [0.717, 1.165) is 35.7 Å². The fraction of sp³-hybridized carbons (Fsp3) is 0.286. The molecular formula is C14H17N3O. The Hall–Kier alpha value is -2.10. The fourth-order valence-corrected chi connectivity index (χ4v) is 1.92. The van der Waals surface area contributed by atoms with Crippen molar-refractivity contribution in [3.8, 4) is 5.75 Å². The molecule has 0 bridgehead atoms. The Morgan fingerprint density at radius 2 is 1.94 bits per heavy atom. The number of hydrogen-bond donors (Lipinski definition) is 1. The van der Waals surface area contributed by atoms with Gasteiger partial charge in [-0.15, -0.1) is 0 Å². The van der Waals surface area contributed by atoms with Crippen LogP contribution in [-0.2, 0) is 12.8 Å². The van der Waals surface area contributed by atoms with Crippen molar-refractivity contribution in [2.24, 2.45) is 0 Å². The summed E-state index contributed by atoms with van der Waals surface area (Å²) in [4.78, 5) is 8.60. The third-order valence-electron chi connectivity index (χ3n) is 2.73. The lowest BCUT2D eigenvalue weighted by Crippen LogP contribution is -2.03. The Balaban J connectivity index is 2.11. The van der Waals surface area contributed by atoms with Crippen LogP contribution in [0.1, 0.15) is 17.1 Å². The third-order valence-corrected chi connectivity index (χ3v) is 2.73. The minimum Gasteiger partial charge on any atom is -0.496 e. The van der Waals surface area contributed by atoms with Crippen LogP contribution in [0.15, 0.2) is 30.3 Å². The van der Waals surface area contributed by atoms with Crippen molar-refractivity contribution in [1.29, 1.82) is 0 Å². The van der Waals surface area contributed by atoms with Crippen LogP contribution < -0.4 is 10.5 Å². The molecular weight excluding hydrogens is 226 g/mol. The standard InChI is InChI=1S/C14H17N3O/c1-10-9-13(15)17-14(16-10)8-7-11-5-3-4-6-12(11)18-2/h3-6,9H,7-8H2,1-2H3,(H2,15,16,17). The molecule has 0 aliphatic heterocycles. The maximum atomic E-state index is 5.71. The van der Waals surface area contributed by atoms with Crippen molar-refractivity contribution in [3.63, 3.8) is 0 Å². The highest BCUT2D eigenvalue weighted by molar-refractivity contribution is 5.34. The van der Waals surface area contributed by atoms with Gasteiger partial charge in [-0.25, -0.2) is 9.97 Å². The number of methoxy groups -OCH3 is 1. The Kier molecular flexibility index (Phi) is 3.77. The van der Waals surface area contributed by atoms with Gasteiger partial charge in [-0.2, -0.15) is 0 Å². The highest BCUT2D eigenvalue weighted by atomic mass is 16.5. The molecule has 1 aromatic carbocycles. The zero-order chi connectivity index (χ0) is 13.0. The van der Waals surface area contributed by atoms with Crippen molar-refractivity contribution in [3.05, 3.63) is 47.4 Å². The Morgan fingerprint density at radius 3 is 2.67 bits per heavy atom. The maximum absolute atomic E-state index is 5.71. The second-order valence-corrected chi connectivity index (χ2v) is 4.16. The van der Waals surface area contributed by atoms with Gasteiger partial charge in [-0.1, -0.05) is 18.2 Å². The van der Waals surface area contributed by atoms with E-state index in [1.807, 2.05) is 25.1 Å². The van der Waals surface area contributed by atoms with E-state index < -0.39 is 0 Å². The molecule has 0 atom stereocenters. The molecule has 0 aliphatic rings. The quantitative estimate of drug-likeness (QED) is 0.894. The van der Waals surface area contributed by atoms with Gasteiger partial charge in [0.2, 0.25) is 0 Å². The highest BCUT2D eigenvalue weighted by Crippen LogP contribution is 2.18. The number of ether oxygens (including phenoxy) is 1. The van der Waals surface area contributed by atoms with Crippen molar-refractivity contribution < 1.29 is 4.74 Å². The SMILES string of the molecule is COc1ccccc1CCc1nc(C)cc(N)n1. The number of nitrogen functional groups attached to an aromatic ring is 1. The van der Waals surface area contributed by atoms with Gasteiger partial charge < -0.3 is 10.5 Å². The van der Waals surface area contributed by atoms with Crippen LogP contribution in [0.5, 0.6) is 5.75 Å². The number of para-hydroxylation sites is 1. The minimum absolute atomic E-state index is 0.525. The monoisotopic (exact) mass is 243 g/mol. The van der Waals surface area contributed by atoms with Crippen LogP contribution >= 0.6 is 0 Å². The molecule has 4 heteroatoms. The third kappa shape index (κ3) is 2.97. The molecule has 0 spiro atoms. The van der Waals surface area contributed by atoms with E-state index in [2.05, 4.69) is 16.0 Å². The molecule has 0 saturated heterocycles. The maximum Gasteiger partial charge on any atom is 0.131 e. The first-order valence-corrected chi connectivity index (χ1v) is 5.91. The van der Waals surface area contributed by atoms with Gasteiger partial charge >= 0.3 is 0 Å². The van der Waals surface area contributed by atoms with Crippen LogP contribution in [-0.4, -0.2) is 17.1 Å². The predicted molar refractivity (Wildman–Crippen MR) is 71.6 cm³/mol. The minimum atomic E-state index is 0.525. The van der Waals surface area contributed by atoms with Gasteiger partial charge in [0.05, 0.1) is 7.11 Å². The number of anilines is 1. The summed E-state index contributed by atoms with van der Waals surface area (Å²) >= 11 is 0. The Morgan fingerprint density at radius 1 is 1.17 bits per heavy atom. The summed E-state index contributed by atoms with van der Waals surface area (Å²) in [6, 6.07) is 9.75. The summed E-state index contributed by atoms with van der Waals surface area (Å²) in [7, 11) is 1.68. The van der Waals surface area contributed by atoms with Crippen LogP contribution in [0, 0.1) is 6.92 Å². The van der Waals surface area contributed by atoms with E-state index in [4.69, 9.17) is 10.5 Å². The summed E-state index contributed by atoms with van der Waals surface area (Å²) < 4.78 is 5.32. The zero-order valence-electron chi connectivity index (χ0n) is 10.7. The molecule has 1 aromatic heterocycles. The lowest BCUT2D eigenvalue weighted by Gasteiger charge is -2.08. The normalized spacial score (nSPS) is 10.3. The van der Waals surface area contributed by atoms with Crippen LogP contribution in [0.2, 0.25) is 0 Å². The van der Waals surface area contributed by atoms with Gasteiger partial charge in [0, 0.05) is 18.2 Å². The molecule has 2 aromatic rings. The van der Waals surface area contributed by atoms with E-state index in [-0.39, 0.29) is 0 Å². The van der Waals surface area contributed by atoms with Crippen molar-refractivity contribution >= 4 is 5.82 Å². The molecule has 0 radical (unpaired) electrons. The second-order valence-electron chi connectivity index (χ2n) is 4.16. The molecule has 4 nitrogen and oxygen atoms in total. The number of aryl methyl sites for hydroxylation is 3. The largest absolute Gasteiger partial charge is 0.496 e. The Labute approximate surface area is 107 Å². The van der Waals surface area contributed by atoms with Crippen LogP contribution in [0.25, 0.3) is 0 Å². The summed E-state index contributed by atoms with van der Waals surface area (Å²) in [5, 5.41) is 0. The molecule has 0 fully saturated rings. The number of aromatic nitrogens is 2. The zero-order valence-corrected chi connectivity index (χ0v) is 10.7. The fourth-order valence-electron chi connectivity index (χ4n) is 1.92. The molecule has 0 aliphatic carbocycles. The molecule has 2 N–H and O–H groups in total. The van der Waals surface area contributed by atoms with Gasteiger partial charge in [0.1, 0.15) is 17.4 Å². The van der Waals surface area contributed by atoms with Crippen molar-refractivity contribution in [2.45, 2.75) is 19.8 Å². The van der Waals surface area contributed by atoms with E-state index in [9.17, 15) is 0 Å². The lowest BCUT2D eigenvalue weighted by atomic mass is 10.1. The van der Waals surface area contributed by atoms with Gasteiger partial charge in [-0.05, 0) is 25.0 Å². The van der Waals surface area contributed by atoms with E-state index in [0.29, 0.717) is 5.82 Å². The number of nitrogens with zero attached hydrogens (tertiary/aromatic N) is 2. The van der Waals surface area contributed by atoms with Crippen LogP contribution in [0.4, 0.5) is 5.82 Å². The Bertz CT molecular complexity index is 520. The van der Waals surface area contributed by atoms with Gasteiger partial charge in [0.15, 0.2) is 0 Å². The number of rotatable bonds is 4. The summed E-state index contributed by atoms with van der Waals surface area (Å²) in [6.07, 6.45) is 1.60. The molecule has 2 rings (SSSR count). The average molecular weight is 243 g/mol. The second kappa shape index (κ2) is 5.49.